The second-order valence-electron chi connectivity index (χ2n) is 4.02. The summed E-state index contributed by atoms with van der Waals surface area (Å²) < 4.78 is 1.93. The highest BCUT2D eigenvalue weighted by Crippen LogP contribution is 2.22. The summed E-state index contributed by atoms with van der Waals surface area (Å²) in [7, 11) is 0. The largest absolute Gasteiger partial charge is 0.389 e. The lowest BCUT2D eigenvalue weighted by Gasteiger charge is -2.10. The van der Waals surface area contributed by atoms with E-state index in [-0.39, 0.29) is 10.9 Å². The van der Waals surface area contributed by atoms with Gasteiger partial charge in [-0.3, -0.25) is 4.79 Å². The molecular weight excluding hydrogens is 451 g/mol. The molecule has 0 aliphatic rings. The fourth-order valence-electron chi connectivity index (χ4n) is 1.63. The molecule has 0 atom stereocenters. The van der Waals surface area contributed by atoms with E-state index in [4.69, 9.17) is 18.0 Å². The van der Waals surface area contributed by atoms with E-state index in [0.29, 0.717) is 16.8 Å². The van der Waals surface area contributed by atoms with Crippen LogP contribution in [0.3, 0.4) is 0 Å². The first kappa shape index (κ1) is 15.4. The third-order valence-electron chi connectivity index (χ3n) is 2.60. The summed E-state index contributed by atoms with van der Waals surface area (Å²) in [6, 6.07) is 12.7. The van der Waals surface area contributed by atoms with Crippen LogP contribution in [0.2, 0.25) is 0 Å². The van der Waals surface area contributed by atoms with Crippen LogP contribution in [0.4, 0.5) is 5.69 Å². The van der Waals surface area contributed by atoms with Crippen molar-refractivity contribution in [2.75, 3.05) is 5.32 Å². The van der Waals surface area contributed by atoms with Gasteiger partial charge >= 0.3 is 0 Å². The molecule has 6 heteroatoms. The first-order valence-corrected chi connectivity index (χ1v) is 7.91. The second-order valence-corrected chi connectivity index (χ2v) is 6.62. The Labute approximate surface area is 144 Å². The zero-order chi connectivity index (χ0) is 14.7. The molecular formula is C14H10BrIN2OS. The van der Waals surface area contributed by atoms with E-state index >= 15 is 0 Å². The number of carbonyl (C=O) groups is 1. The Bertz CT molecular complexity index is 673. The minimum absolute atomic E-state index is 0.193. The molecule has 0 fully saturated rings. The minimum atomic E-state index is -0.193. The van der Waals surface area contributed by atoms with Crippen molar-refractivity contribution < 1.29 is 4.79 Å². The van der Waals surface area contributed by atoms with Crippen LogP contribution in [0.15, 0.2) is 46.9 Å². The molecule has 0 bridgehead atoms. The van der Waals surface area contributed by atoms with E-state index in [1.54, 1.807) is 24.3 Å². The van der Waals surface area contributed by atoms with Gasteiger partial charge in [0.05, 0.1) is 5.69 Å². The van der Waals surface area contributed by atoms with Crippen LogP contribution in [0.25, 0.3) is 0 Å². The quantitative estimate of drug-likeness (QED) is 0.538. The molecule has 2 aromatic rings. The molecule has 0 aliphatic heterocycles. The van der Waals surface area contributed by atoms with E-state index in [1.165, 1.54) is 0 Å². The summed E-state index contributed by atoms with van der Waals surface area (Å²) in [4.78, 5) is 12.4. The number of hydrogen-bond donors (Lipinski definition) is 2. The Hall–Kier alpha value is -0.990. The molecule has 0 spiro atoms. The summed E-state index contributed by atoms with van der Waals surface area (Å²) in [6.45, 7) is 0. The van der Waals surface area contributed by atoms with Crippen LogP contribution >= 0.6 is 50.7 Å². The molecule has 20 heavy (non-hydrogen) atoms. The molecule has 0 heterocycles. The number of anilines is 1. The maximum absolute atomic E-state index is 12.2. The van der Waals surface area contributed by atoms with Gasteiger partial charge in [-0.1, -0.05) is 28.1 Å². The zero-order valence-corrected chi connectivity index (χ0v) is 14.8. The standard InChI is InChI=1S/C14H10BrIN2OS/c15-9-3-6-12(11(7-9)13(17)20)18-14(19)8-1-4-10(16)5-2-8/h1-7H,(H2,17,20)(H,18,19). The van der Waals surface area contributed by atoms with Crippen LogP contribution in [0, 0.1) is 3.57 Å². The molecule has 3 nitrogen and oxygen atoms in total. The third kappa shape index (κ3) is 3.77. The Kier molecular flexibility index (Phi) is 5.11. The number of hydrogen-bond acceptors (Lipinski definition) is 2. The molecule has 1 amide bonds. The van der Waals surface area contributed by atoms with Gasteiger partial charge in [0.25, 0.3) is 5.91 Å². The molecule has 2 aromatic carbocycles. The summed E-state index contributed by atoms with van der Waals surface area (Å²) in [5.41, 5.74) is 7.50. The Morgan fingerprint density at radius 2 is 1.85 bits per heavy atom. The van der Waals surface area contributed by atoms with Crippen molar-refractivity contribution in [3.8, 4) is 0 Å². The predicted octanol–water partition coefficient (Wildman–Crippen LogP) is 3.94. The number of thiocarbonyl (C=S) groups is 1. The fraction of sp³-hybridized carbons (Fsp3) is 0. The van der Waals surface area contributed by atoms with Gasteiger partial charge < -0.3 is 11.1 Å². The number of nitrogens with two attached hydrogens (primary N) is 1. The fourth-order valence-corrected chi connectivity index (χ4v) is 2.51. The van der Waals surface area contributed by atoms with Crippen LogP contribution in [-0.2, 0) is 0 Å². The van der Waals surface area contributed by atoms with Gasteiger partial charge in [-0.15, -0.1) is 0 Å². The lowest BCUT2D eigenvalue weighted by atomic mass is 10.1. The number of halogens is 2. The number of nitrogens with one attached hydrogen (secondary N) is 1. The lowest BCUT2D eigenvalue weighted by Crippen LogP contribution is -2.17. The van der Waals surface area contributed by atoms with Crippen molar-refractivity contribution in [1.82, 2.24) is 0 Å². The molecule has 0 saturated heterocycles. The smallest absolute Gasteiger partial charge is 0.255 e. The molecule has 102 valence electrons. The molecule has 0 aliphatic carbocycles. The van der Waals surface area contributed by atoms with Gasteiger partial charge in [0, 0.05) is 19.2 Å². The van der Waals surface area contributed by atoms with E-state index in [1.807, 2.05) is 18.2 Å². The van der Waals surface area contributed by atoms with Crippen LogP contribution in [0.5, 0.6) is 0 Å². The minimum Gasteiger partial charge on any atom is -0.389 e. The van der Waals surface area contributed by atoms with Crippen molar-refractivity contribution in [1.29, 1.82) is 0 Å². The first-order valence-electron chi connectivity index (χ1n) is 5.63. The monoisotopic (exact) mass is 460 g/mol. The lowest BCUT2D eigenvalue weighted by molar-refractivity contribution is 0.102. The van der Waals surface area contributed by atoms with Crippen molar-refractivity contribution >= 4 is 67.3 Å². The molecule has 0 unspecified atom stereocenters. The Morgan fingerprint density at radius 3 is 2.45 bits per heavy atom. The molecule has 0 saturated carbocycles. The average Bonchev–Trinajstić information content (AvgIpc) is 2.41. The third-order valence-corrected chi connectivity index (χ3v) is 4.03. The maximum Gasteiger partial charge on any atom is 0.255 e. The topological polar surface area (TPSA) is 55.1 Å². The predicted molar refractivity (Wildman–Crippen MR) is 97.1 cm³/mol. The molecule has 0 radical (unpaired) electrons. The summed E-state index contributed by atoms with van der Waals surface area (Å²) in [5, 5.41) is 2.83. The molecule has 2 rings (SSSR count). The Balaban J connectivity index is 2.28. The van der Waals surface area contributed by atoms with E-state index in [0.717, 1.165) is 8.04 Å². The summed E-state index contributed by atoms with van der Waals surface area (Å²) in [6.07, 6.45) is 0. The van der Waals surface area contributed by atoms with Gasteiger partial charge in [0.1, 0.15) is 4.99 Å². The van der Waals surface area contributed by atoms with Crippen LogP contribution in [0.1, 0.15) is 15.9 Å². The van der Waals surface area contributed by atoms with E-state index in [2.05, 4.69) is 43.8 Å². The van der Waals surface area contributed by atoms with Gasteiger partial charge in [-0.05, 0) is 65.1 Å². The highest BCUT2D eigenvalue weighted by Gasteiger charge is 2.11. The van der Waals surface area contributed by atoms with Gasteiger partial charge in [-0.2, -0.15) is 0 Å². The highest BCUT2D eigenvalue weighted by molar-refractivity contribution is 14.1. The average molecular weight is 461 g/mol. The molecule has 3 N–H and O–H groups in total. The number of benzene rings is 2. The highest BCUT2D eigenvalue weighted by atomic mass is 127. The van der Waals surface area contributed by atoms with Crippen LogP contribution < -0.4 is 11.1 Å². The number of amides is 1. The van der Waals surface area contributed by atoms with E-state index < -0.39 is 0 Å². The van der Waals surface area contributed by atoms with Crippen molar-refractivity contribution in [3.05, 3.63) is 61.6 Å². The van der Waals surface area contributed by atoms with Crippen molar-refractivity contribution in [2.45, 2.75) is 0 Å². The van der Waals surface area contributed by atoms with Gasteiger partial charge in [0.15, 0.2) is 0 Å². The number of carbonyl (C=O) groups excluding carboxylic acids is 1. The summed E-state index contributed by atoms with van der Waals surface area (Å²) in [5.74, 6) is -0.193. The normalized spacial score (nSPS) is 10.1. The molecule has 0 aromatic heterocycles. The van der Waals surface area contributed by atoms with Crippen molar-refractivity contribution in [2.24, 2.45) is 5.73 Å². The maximum atomic E-state index is 12.2. The Morgan fingerprint density at radius 1 is 1.20 bits per heavy atom. The van der Waals surface area contributed by atoms with Gasteiger partial charge in [0.2, 0.25) is 0 Å². The second kappa shape index (κ2) is 6.64. The zero-order valence-electron chi connectivity index (χ0n) is 10.2. The van der Waals surface area contributed by atoms with Gasteiger partial charge in [-0.25, -0.2) is 0 Å². The SMILES string of the molecule is NC(=S)c1cc(Br)ccc1NC(=O)c1ccc(I)cc1. The summed E-state index contributed by atoms with van der Waals surface area (Å²) >= 11 is 10.5. The first-order chi connectivity index (χ1) is 9.47. The van der Waals surface area contributed by atoms with Crippen molar-refractivity contribution in [3.63, 3.8) is 0 Å². The number of rotatable bonds is 3. The van der Waals surface area contributed by atoms with Crippen LogP contribution in [-0.4, -0.2) is 10.9 Å². The van der Waals surface area contributed by atoms with E-state index in [9.17, 15) is 4.79 Å².